The Hall–Kier alpha value is -1.88. The topological polar surface area (TPSA) is 69.8 Å². The molecular formula is C13H17N5. The monoisotopic (exact) mass is 243 g/mol. The minimum Gasteiger partial charge on any atom is -0.346 e. The van der Waals surface area contributed by atoms with Gasteiger partial charge in [0, 0.05) is 17.7 Å². The third-order valence-corrected chi connectivity index (χ3v) is 3.70. The summed E-state index contributed by atoms with van der Waals surface area (Å²) in [7, 11) is 0. The van der Waals surface area contributed by atoms with E-state index in [0.29, 0.717) is 5.92 Å². The fraction of sp³-hybridized carbons (Fsp3) is 0.385. The second kappa shape index (κ2) is 4.42. The van der Waals surface area contributed by atoms with Crippen molar-refractivity contribution in [3.8, 4) is 0 Å². The number of hydrogen-bond acceptors (Lipinski definition) is 4. The fourth-order valence-corrected chi connectivity index (χ4v) is 2.84. The Kier molecular flexibility index (Phi) is 2.76. The summed E-state index contributed by atoms with van der Waals surface area (Å²) in [5.74, 6) is 7.33. The highest BCUT2D eigenvalue weighted by atomic mass is 15.4. The van der Waals surface area contributed by atoms with Gasteiger partial charge in [-0.2, -0.15) is 0 Å². The van der Waals surface area contributed by atoms with Gasteiger partial charge in [-0.1, -0.05) is 12.8 Å². The molecule has 3 rings (SSSR count). The molecule has 0 aromatic carbocycles. The number of aromatic amines is 1. The third kappa shape index (κ3) is 1.67. The molecule has 2 heterocycles. The van der Waals surface area contributed by atoms with Gasteiger partial charge in [-0.25, -0.2) is 10.8 Å². The van der Waals surface area contributed by atoms with Crippen LogP contribution in [0.2, 0.25) is 0 Å². The molecule has 0 bridgehead atoms. The van der Waals surface area contributed by atoms with Crippen molar-refractivity contribution in [1.29, 1.82) is 0 Å². The summed E-state index contributed by atoms with van der Waals surface area (Å²) in [5, 5.41) is 1.55. The minimum atomic E-state index is 0.470. The van der Waals surface area contributed by atoms with Gasteiger partial charge in [0.15, 0.2) is 0 Å². The molecule has 0 spiro atoms. The van der Waals surface area contributed by atoms with Crippen molar-refractivity contribution in [3.05, 3.63) is 23.5 Å². The second-order valence-corrected chi connectivity index (χ2v) is 4.77. The smallest absolute Gasteiger partial charge is 0.141 e. The van der Waals surface area contributed by atoms with E-state index in [1.165, 1.54) is 25.7 Å². The van der Waals surface area contributed by atoms with Crippen molar-refractivity contribution < 1.29 is 0 Å². The molecule has 1 aromatic heterocycles. The highest BCUT2D eigenvalue weighted by molar-refractivity contribution is 5.87. The van der Waals surface area contributed by atoms with Gasteiger partial charge in [0.1, 0.15) is 12.2 Å². The predicted octanol–water partition coefficient (Wildman–Crippen LogP) is 2.42. The number of allylic oxidation sites excluding steroid dienone is 1. The number of hydrazine groups is 1. The van der Waals surface area contributed by atoms with Gasteiger partial charge in [0.05, 0.1) is 11.4 Å². The van der Waals surface area contributed by atoms with Crippen molar-refractivity contribution in [1.82, 2.24) is 9.99 Å². The first kappa shape index (κ1) is 11.2. The summed E-state index contributed by atoms with van der Waals surface area (Å²) >= 11 is 0. The van der Waals surface area contributed by atoms with Gasteiger partial charge < -0.3 is 4.98 Å². The maximum atomic E-state index is 6.02. The van der Waals surface area contributed by atoms with Crippen LogP contribution in [0.4, 0.5) is 5.82 Å². The molecule has 2 aliphatic rings. The number of H-pyrrole nitrogens is 1. The van der Waals surface area contributed by atoms with E-state index >= 15 is 0 Å². The Morgan fingerprint density at radius 2 is 2.28 bits per heavy atom. The number of nitrogens with zero attached hydrogens (tertiary/aromatic N) is 3. The van der Waals surface area contributed by atoms with Crippen molar-refractivity contribution in [2.45, 2.75) is 25.7 Å². The van der Waals surface area contributed by atoms with Crippen molar-refractivity contribution in [3.63, 3.8) is 0 Å². The molecule has 1 aliphatic heterocycles. The van der Waals surface area contributed by atoms with Crippen molar-refractivity contribution >= 4 is 24.6 Å². The SMILES string of the molecule is C=N/C(=C1/c2cc[nH]c2N=CN1N)C1CCCC1. The minimum absolute atomic E-state index is 0.470. The zero-order valence-electron chi connectivity index (χ0n) is 10.3. The summed E-state index contributed by atoms with van der Waals surface area (Å²) in [6.45, 7) is 3.73. The average molecular weight is 243 g/mol. The lowest BCUT2D eigenvalue weighted by molar-refractivity contribution is 0.587. The highest BCUT2D eigenvalue weighted by Crippen LogP contribution is 2.39. The van der Waals surface area contributed by atoms with Crippen LogP contribution in [0.15, 0.2) is 27.9 Å². The normalized spacial score (nSPS) is 22.2. The van der Waals surface area contributed by atoms with E-state index in [1.807, 2.05) is 12.3 Å². The quantitative estimate of drug-likeness (QED) is 0.618. The van der Waals surface area contributed by atoms with E-state index in [2.05, 4.69) is 21.7 Å². The molecule has 94 valence electrons. The number of fused-ring (bicyclic) bond motifs is 1. The number of rotatable bonds is 2. The molecule has 5 heteroatoms. The van der Waals surface area contributed by atoms with E-state index < -0.39 is 0 Å². The number of hydrogen-bond donors (Lipinski definition) is 2. The lowest BCUT2D eigenvalue weighted by Gasteiger charge is -2.25. The standard InChI is InChI=1S/C13H17N5/c1-15-11(9-4-2-3-5-9)12-10-6-7-16-13(10)17-8-18(12)14/h6-9,16H,1-5,14H2/b12-11-. The zero-order chi connectivity index (χ0) is 12.5. The Morgan fingerprint density at radius 1 is 1.50 bits per heavy atom. The maximum Gasteiger partial charge on any atom is 0.141 e. The summed E-state index contributed by atoms with van der Waals surface area (Å²) < 4.78 is 0. The lowest BCUT2D eigenvalue weighted by atomic mass is 9.99. The first-order chi connectivity index (χ1) is 8.81. The van der Waals surface area contributed by atoms with Crippen LogP contribution in [0.5, 0.6) is 0 Å². The summed E-state index contributed by atoms with van der Waals surface area (Å²) in [6.07, 6.45) is 8.35. The molecule has 0 unspecified atom stereocenters. The Labute approximate surface area is 106 Å². The molecule has 1 fully saturated rings. The van der Waals surface area contributed by atoms with Gasteiger partial charge in [-0.3, -0.25) is 10.0 Å². The zero-order valence-corrected chi connectivity index (χ0v) is 10.3. The summed E-state index contributed by atoms with van der Waals surface area (Å²) in [4.78, 5) is 11.6. The van der Waals surface area contributed by atoms with Crippen LogP contribution in [-0.4, -0.2) is 23.0 Å². The maximum absolute atomic E-state index is 6.02. The molecule has 0 atom stereocenters. The average Bonchev–Trinajstić information content (AvgIpc) is 3.03. The number of aromatic nitrogens is 1. The van der Waals surface area contributed by atoms with Crippen LogP contribution >= 0.6 is 0 Å². The van der Waals surface area contributed by atoms with E-state index in [9.17, 15) is 0 Å². The molecule has 1 saturated carbocycles. The first-order valence-corrected chi connectivity index (χ1v) is 6.28. The highest BCUT2D eigenvalue weighted by Gasteiger charge is 2.27. The van der Waals surface area contributed by atoms with Crippen LogP contribution in [0, 0.1) is 5.92 Å². The number of nitrogens with two attached hydrogens (primary N) is 1. The number of nitrogens with one attached hydrogen (secondary N) is 1. The van der Waals surface area contributed by atoms with Crippen LogP contribution in [0.25, 0.3) is 5.70 Å². The Balaban J connectivity index is 2.12. The van der Waals surface area contributed by atoms with Gasteiger partial charge in [0.25, 0.3) is 0 Å². The van der Waals surface area contributed by atoms with Crippen molar-refractivity contribution in [2.75, 3.05) is 0 Å². The fourth-order valence-electron chi connectivity index (χ4n) is 2.84. The molecule has 18 heavy (non-hydrogen) atoms. The first-order valence-electron chi connectivity index (χ1n) is 6.28. The molecular weight excluding hydrogens is 226 g/mol. The molecule has 3 N–H and O–H groups in total. The molecule has 1 aliphatic carbocycles. The molecule has 0 saturated heterocycles. The Morgan fingerprint density at radius 3 is 3.00 bits per heavy atom. The molecule has 1 aromatic rings. The van der Waals surface area contributed by atoms with Crippen LogP contribution in [0.3, 0.4) is 0 Å². The van der Waals surface area contributed by atoms with Gasteiger partial charge in [-0.05, 0) is 25.6 Å². The Bertz CT molecular complexity index is 519. The van der Waals surface area contributed by atoms with Gasteiger partial charge in [0.2, 0.25) is 0 Å². The largest absolute Gasteiger partial charge is 0.346 e. The molecule has 0 radical (unpaired) electrons. The van der Waals surface area contributed by atoms with E-state index in [0.717, 1.165) is 22.8 Å². The molecule has 5 nitrogen and oxygen atoms in total. The molecule has 0 amide bonds. The van der Waals surface area contributed by atoms with E-state index in [1.54, 1.807) is 11.3 Å². The van der Waals surface area contributed by atoms with Crippen molar-refractivity contribution in [2.24, 2.45) is 21.7 Å². The third-order valence-electron chi connectivity index (χ3n) is 3.70. The van der Waals surface area contributed by atoms with Gasteiger partial charge >= 0.3 is 0 Å². The van der Waals surface area contributed by atoms with Crippen LogP contribution in [0.1, 0.15) is 31.2 Å². The summed E-state index contributed by atoms with van der Waals surface area (Å²) in [6, 6.07) is 1.99. The summed E-state index contributed by atoms with van der Waals surface area (Å²) in [5.41, 5.74) is 2.94. The lowest BCUT2D eigenvalue weighted by Crippen LogP contribution is -2.31. The van der Waals surface area contributed by atoms with Crippen LogP contribution in [-0.2, 0) is 0 Å². The van der Waals surface area contributed by atoms with E-state index in [-0.39, 0.29) is 0 Å². The van der Waals surface area contributed by atoms with Crippen LogP contribution < -0.4 is 5.84 Å². The van der Waals surface area contributed by atoms with Gasteiger partial charge in [-0.15, -0.1) is 0 Å². The number of aliphatic imine (C=N–C) groups is 2. The predicted molar refractivity (Wildman–Crippen MR) is 73.4 cm³/mol. The second-order valence-electron chi connectivity index (χ2n) is 4.77. The van der Waals surface area contributed by atoms with E-state index in [4.69, 9.17) is 5.84 Å².